The van der Waals surface area contributed by atoms with Gasteiger partial charge in [-0.3, -0.25) is 5.41 Å². The molecule has 0 spiro atoms. The maximum atomic E-state index is 9.22. The Morgan fingerprint density at radius 1 is 0.889 bits per heavy atom. The van der Waals surface area contributed by atoms with Crippen molar-refractivity contribution in [3.8, 4) is 23.1 Å². The van der Waals surface area contributed by atoms with Crippen LogP contribution in [0.15, 0.2) is 91.3 Å². The third-order valence-electron chi connectivity index (χ3n) is 6.73. The van der Waals surface area contributed by atoms with Crippen LogP contribution < -0.4 is 19.7 Å². The van der Waals surface area contributed by atoms with Crippen molar-refractivity contribution >= 4 is 10.8 Å². The van der Waals surface area contributed by atoms with Crippen molar-refractivity contribution < 1.29 is 14.2 Å². The average molecular weight is 476 g/mol. The first kappa shape index (κ1) is 21.9. The minimum absolute atomic E-state index is 0.267. The maximum Gasteiger partial charge on any atom is 0.228 e. The summed E-state index contributed by atoms with van der Waals surface area (Å²) in [6, 6.07) is 28.4. The van der Waals surface area contributed by atoms with Crippen molar-refractivity contribution in [2.75, 3.05) is 14.2 Å². The van der Waals surface area contributed by atoms with Crippen LogP contribution in [0.1, 0.15) is 28.2 Å². The largest absolute Gasteiger partial charge is 0.493 e. The molecule has 1 aliphatic heterocycles. The predicted octanol–water partition coefficient (Wildman–Crippen LogP) is 5.87. The van der Waals surface area contributed by atoms with E-state index in [1.807, 2.05) is 53.1 Å². The second-order valence-corrected chi connectivity index (χ2v) is 8.78. The number of nitrogens with zero attached hydrogens (tertiary/aromatic N) is 2. The van der Waals surface area contributed by atoms with E-state index in [2.05, 4.69) is 36.4 Å². The standard InChI is InChI=1S/C30H25N3O3/c1-34-24-15-13-21(16-25(24)35-2)26-23-14-12-20-10-6-7-11-22(20)28(23)36-30-27(26)29(31)33(18-32-30)17-19-8-4-3-5-9-19/h3-16,18,26,31H,17H2,1-2H3. The summed E-state index contributed by atoms with van der Waals surface area (Å²) in [6.45, 7) is 0.545. The number of hydrogen-bond donors (Lipinski definition) is 1. The average Bonchev–Trinajstić information content (AvgIpc) is 2.93. The normalized spacial score (nSPS) is 14.0. The highest BCUT2D eigenvalue weighted by molar-refractivity contribution is 5.91. The molecule has 0 radical (unpaired) electrons. The zero-order chi connectivity index (χ0) is 24.6. The summed E-state index contributed by atoms with van der Waals surface area (Å²) in [5.41, 5.74) is 4.15. The van der Waals surface area contributed by atoms with Gasteiger partial charge < -0.3 is 18.8 Å². The minimum Gasteiger partial charge on any atom is -0.493 e. The molecule has 0 aliphatic carbocycles. The number of rotatable bonds is 5. The molecule has 2 heterocycles. The van der Waals surface area contributed by atoms with E-state index in [-0.39, 0.29) is 5.92 Å². The molecule has 1 aromatic heterocycles. The first-order valence-corrected chi connectivity index (χ1v) is 11.8. The molecule has 36 heavy (non-hydrogen) atoms. The highest BCUT2D eigenvalue weighted by atomic mass is 16.5. The van der Waals surface area contributed by atoms with Gasteiger partial charge in [-0.05, 0) is 28.6 Å². The highest BCUT2D eigenvalue weighted by Gasteiger charge is 2.33. The monoisotopic (exact) mass is 475 g/mol. The van der Waals surface area contributed by atoms with Gasteiger partial charge in [-0.25, -0.2) is 4.98 Å². The van der Waals surface area contributed by atoms with Gasteiger partial charge in [-0.2, -0.15) is 0 Å². The number of hydrogen-bond acceptors (Lipinski definition) is 5. The van der Waals surface area contributed by atoms with E-state index in [4.69, 9.17) is 19.2 Å². The SMILES string of the molecule is COc1ccc(C2c3ccc4ccccc4c3Oc3ncn(Cc4ccccc4)c(=N)c32)cc1OC. The van der Waals surface area contributed by atoms with Crippen molar-refractivity contribution in [2.45, 2.75) is 12.5 Å². The van der Waals surface area contributed by atoms with E-state index < -0.39 is 0 Å². The van der Waals surface area contributed by atoms with Gasteiger partial charge in [-0.1, -0.05) is 72.8 Å². The molecule has 0 amide bonds. The van der Waals surface area contributed by atoms with Gasteiger partial charge in [0.2, 0.25) is 5.88 Å². The predicted molar refractivity (Wildman–Crippen MR) is 138 cm³/mol. The fraction of sp³-hybridized carbons (Fsp3) is 0.133. The van der Waals surface area contributed by atoms with Crippen LogP contribution in [0.4, 0.5) is 0 Å². The van der Waals surface area contributed by atoms with Crippen LogP contribution in [-0.4, -0.2) is 23.8 Å². The summed E-state index contributed by atoms with van der Waals surface area (Å²) in [4.78, 5) is 4.70. The van der Waals surface area contributed by atoms with Crippen LogP contribution in [0.3, 0.4) is 0 Å². The molecule has 6 heteroatoms. The maximum absolute atomic E-state index is 9.22. The van der Waals surface area contributed by atoms with Crippen LogP contribution in [0, 0.1) is 5.41 Å². The Hall–Kier alpha value is -4.58. The van der Waals surface area contributed by atoms with Gasteiger partial charge in [0.1, 0.15) is 17.6 Å². The van der Waals surface area contributed by atoms with Crippen molar-refractivity contribution in [2.24, 2.45) is 0 Å². The van der Waals surface area contributed by atoms with E-state index in [0.29, 0.717) is 29.4 Å². The Morgan fingerprint density at radius 2 is 1.67 bits per heavy atom. The van der Waals surface area contributed by atoms with E-state index in [1.165, 1.54) is 0 Å². The lowest BCUT2D eigenvalue weighted by Gasteiger charge is -2.29. The smallest absolute Gasteiger partial charge is 0.228 e. The quantitative estimate of drug-likeness (QED) is 0.339. The second kappa shape index (κ2) is 8.89. The Morgan fingerprint density at radius 3 is 2.47 bits per heavy atom. The number of aromatic nitrogens is 2. The Labute approximate surface area is 208 Å². The molecule has 0 fully saturated rings. The highest BCUT2D eigenvalue weighted by Crippen LogP contribution is 2.48. The molecular formula is C30H25N3O3. The molecular weight excluding hydrogens is 450 g/mol. The lowest BCUT2D eigenvalue weighted by Crippen LogP contribution is -2.30. The third kappa shape index (κ3) is 3.58. The summed E-state index contributed by atoms with van der Waals surface area (Å²) in [5.74, 6) is 2.25. The molecule has 4 aromatic carbocycles. The molecule has 1 unspecified atom stereocenters. The molecule has 0 saturated heterocycles. The Balaban J connectivity index is 1.59. The summed E-state index contributed by atoms with van der Waals surface area (Å²) in [7, 11) is 3.26. The van der Waals surface area contributed by atoms with Crippen LogP contribution in [0.5, 0.6) is 23.1 Å². The van der Waals surface area contributed by atoms with E-state index >= 15 is 0 Å². The molecule has 0 bridgehead atoms. The van der Waals surface area contributed by atoms with Crippen molar-refractivity contribution in [3.63, 3.8) is 0 Å². The minimum atomic E-state index is -0.267. The van der Waals surface area contributed by atoms with Gasteiger partial charge in [0.25, 0.3) is 0 Å². The summed E-state index contributed by atoms with van der Waals surface area (Å²) in [6.07, 6.45) is 1.69. The van der Waals surface area contributed by atoms with Crippen molar-refractivity contribution in [1.82, 2.24) is 9.55 Å². The molecule has 178 valence electrons. The van der Waals surface area contributed by atoms with Gasteiger partial charge in [0.05, 0.1) is 26.3 Å². The lowest BCUT2D eigenvalue weighted by atomic mass is 9.82. The zero-order valence-electron chi connectivity index (χ0n) is 20.1. The number of methoxy groups -OCH3 is 2. The van der Waals surface area contributed by atoms with Crippen LogP contribution in [0.2, 0.25) is 0 Å². The summed E-state index contributed by atoms with van der Waals surface area (Å²) >= 11 is 0. The molecule has 1 atom stereocenters. The number of ether oxygens (including phenoxy) is 3. The molecule has 1 aliphatic rings. The van der Waals surface area contributed by atoms with Crippen molar-refractivity contribution in [3.05, 3.63) is 119 Å². The molecule has 6 nitrogen and oxygen atoms in total. The fourth-order valence-electron chi connectivity index (χ4n) is 4.98. The van der Waals surface area contributed by atoms with E-state index in [0.717, 1.165) is 38.8 Å². The van der Waals surface area contributed by atoms with Gasteiger partial charge in [-0.15, -0.1) is 0 Å². The van der Waals surface area contributed by atoms with E-state index in [9.17, 15) is 5.41 Å². The van der Waals surface area contributed by atoms with Crippen LogP contribution in [0.25, 0.3) is 10.8 Å². The number of benzene rings is 4. The fourth-order valence-corrected chi connectivity index (χ4v) is 4.98. The summed E-state index contributed by atoms with van der Waals surface area (Å²) < 4.78 is 19.4. The second-order valence-electron chi connectivity index (χ2n) is 8.78. The zero-order valence-corrected chi connectivity index (χ0v) is 20.1. The number of fused-ring (bicyclic) bond motifs is 4. The third-order valence-corrected chi connectivity index (χ3v) is 6.73. The Bertz CT molecular complexity index is 1640. The molecule has 1 N–H and O–H groups in total. The van der Waals surface area contributed by atoms with Gasteiger partial charge in [0.15, 0.2) is 11.5 Å². The first-order valence-electron chi connectivity index (χ1n) is 11.8. The topological polar surface area (TPSA) is 69.4 Å². The first-order chi connectivity index (χ1) is 17.7. The van der Waals surface area contributed by atoms with E-state index in [1.54, 1.807) is 20.5 Å². The molecule has 6 rings (SSSR count). The summed E-state index contributed by atoms with van der Waals surface area (Å²) in [5, 5.41) is 11.3. The van der Waals surface area contributed by atoms with Crippen LogP contribution in [-0.2, 0) is 6.54 Å². The van der Waals surface area contributed by atoms with Crippen molar-refractivity contribution in [1.29, 1.82) is 5.41 Å². The van der Waals surface area contributed by atoms with Crippen LogP contribution >= 0.6 is 0 Å². The molecule has 0 saturated carbocycles. The molecule has 5 aromatic rings. The Kier molecular flexibility index (Phi) is 5.41. The lowest BCUT2D eigenvalue weighted by molar-refractivity contribution is 0.354. The van der Waals surface area contributed by atoms with Gasteiger partial charge in [0, 0.05) is 16.9 Å². The van der Waals surface area contributed by atoms with Gasteiger partial charge >= 0.3 is 0 Å². The number of nitrogens with one attached hydrogen (secondary N) is 1.